The molecule has 1 aromatic heterocycles. The molecular formula is C17H12Cl2N4O2. The van der Waals surface area contributed by atoms with Crippen molar-refractivity contribution in [3.63, 3.8) is 0 Å². The minimum absolute atomic E-state index is 0.0180. The standard InChI is InChI=1S/C17H12Cl2N4O2/c18-10-5-1-3-7-12(10)22-16(24)14-15(21-9-20-14)17(25)23-13-8-4-2-6-11(13)19/h1-9H,(H,20,21)(H,22,24)(H,23,25). The number of benzene rings is 2. The molecule has 0 fully saturated rings. The fourth-order valence-electron chi connectivity index (χ4n) is 2.13. The van der Waals surface area contributed by atoms with Crippen LogP contribution in [0.2, 0.25) is 10.0 Å². The minimum Gasteiger partial charge on any atom is -0.340 e. The summed E-state index contributed by atoms with van der Waals surface area (Å²) in [5, 5.41) is 6.03. The van der Waals surface area contributed by atoms with E-state index in [0.29, 0.717) is 21.4 Å². The van der Waals surface area contributed by atoms with Crippen LogP contribution in [0, 0.1) is 0 Å². The Morgan fingerprint density at radius 3 is 1.92 bits per heavy atom. The van der Waals surface area contributed by atoms with Gasteiger partial charge in [0.25, 0.3) is 11.8 Å². The van der Waals surface area contributed by atoms with E-state index in [1.807, 2.05) is 0 Å². The average Bonchev–Trinajstić information content (AvgIpc) is 3.09. The highest BCUT2D eigenvalue weighted by Crippen LogP contribution is 2.23. The maximum absolute atomic E-state index is 12.4. The van der Waals surface area contributed by atoms with Crippen LogP contribution in [0.3, 0.4) is 0 Å². The topological polar surface area (TPSA) is 86.9 Å². The van der Waals surface area contributed by atoms with E-state index in [2.05, 4.69) is 20.6 Å². The van der Waals surface area contributed by atoms with Gasteiger partial charge in [-0.2, -0.15) is 0 Å². The Morgan fingerprint density at radius 2 is 1.36 bits per heavy atom. The summed E-state index contributed by atoms with van der Waals surface area (Å²) >= 11 is 12.0. The van der Waals surface area contributed by atoms with Crippen molar-refractivity contribution >= 4 is 46.4 Å². The van der Waals surface area contributed by atoms with E-state index in [0.717, 1.165) is 0 Å². The number of hydrogen-bond acceptors (Lipinski definition) is 3. The Morgan fingerprint density at radius 1 is 0.840 bits per heavy atom. The fraction of sp³-hybridized carbons (Fsp3) is 0. The van der Waals surface area contributed by atoms with Crippen LogP contribution in [-0.2, 0) is 0 Å². The van der Waals surface area contributed by atoms with Crippen molar-refractivity contribution in [2.75, 3.05) is 10.6 Å². The van der Waals surface area contributed by atoms with Crippen molar-refractivity contribution in [1.29, 1.82) is 0 Å². The number of halogens is 2. The van der Waals surface area contributed by atoms with Gasteiger partial charge in [0.15, 0.2) is 5.69 Å². The molecule has 0 aliphatic heterocycles. The van der Waals surface area contributed by atoms with Gasteiger partial charge in [0.1, 0.15) is 5.69 Å². The monoisotopic (exact) mass is 374 g/mol. The van der Waals surface area contributed by atoms with Gasteiger partial charge in [0.05, 0.1) is 27.7 Å². The third-order valence-corrected chi connectivity index (χ3v) is 3.98. The molecule has 0 radical (unpaired) electrons. The minimum atomic E-state index is -0.557. The smallest absolute Gasteiger partial charge is 0.276 e. The lowest BCUT2D eigenvalue weighted by molar-refractivity contribution is 0.0985. The number of anilines is 2. The lowest BCUT2D eigenvalue weighted by Crippen LogP contribution is -2.20. The van der Waals surface area contributed by atoms with Crippen molar-refractivity contribution in [1.82, 2.24) is 9.97 Å². The number of nitrogens with zero attached hydrogens (tertiary/aromatic N) is 1. The first-order valence-electron chi connectivity index (χ1n) is 7.21. The van der Waals surface area contributed by atoms with Crippen LogP contribution in [0.5, 0.6) is 0 Å². The van der Waals surface area contributed by atoms with E-state index in [4.69, 9.17) is 23.2 Å². The van der Waals surface area contributed by atoms with Crippen LogP contribution in [0.1, 0.15) is 21.0 Å². The molecule has 1 heterocycles. The quantitative estimate of drug-likeness (QED) is 0.638. The van der Waals surface area contributed by atoms with Crippen LogP contribution in [0.25, 0.3) is 0 Å². The normalized spacial score (nSPS) is 10.3. The average molecular weight is 375 g/mol. The van der Waals surface area contributed by atoms with E-state index in [9.17, 15) is 9.59 Å². The molecule has 0 unspecified atom stereocenters. The van der Waals surface area contributed by atoms with Crippen LogP contribution in [-0.4, -0.2) is 21.8 Å². The molecule has 0 aliphatic rings. The molecule has 2 aromatic carbocycles. The van der Waals surface area contributed by atoms with Gasteiger partial charge in [-0.1, -0.05) is 47.5 Å². The summed E-state index contributed by atoms with van der Waals surface area (Å²) in [7, 11) is 0. The third kappa shape index (κ3) is 3.81. The second-order valence-electron chi connectivity index (χ2n) is 4.99. The van der Waals surface area contributed by atoms with Gasteiger partial charge in [0.2, 0.25) is 0 Å². The highest BCUT2D eigenvalue weighted by molar-refractivity contribution is 6.34. The molecule has 0 aliphatic carbocycles. The predicted molar refractivity (Wildman–Crippen MR) is 97.4 cm³/mol. The number of carbonyl (C=O) groups excluding carboxylic acids is 2. The molecule has 3 N–H and O–H groups in total. The van der Waals surface area contributed by atoms with Crippen LogP contribution >= 0.6 is 23.2 Å². The number of amides is 2. The SMILES string of the molecule is O=C(Nc1ccccc1Cl)c1nc[nH]c1C(=O)Nc1ccccc1Cl. The van der Waals surface area contributed by atoms with Crippen molar-refractivity contribution in [3.05, 3.63) is 76.3 Å². The summed E-state index contributed by atoms with van der Waals surface area (Å²) in [5.74, 6) is -1.09. The molecule has 0 saturated carbocycles. The molecule has 3 rings (SSSR count). The molecule has 8 heteroatoms. The van der Waals surface area contributed by atoms with Crippen molar-refractivity contribution in [2.45, 2.75) is 0 Å². The Kier molecular flexibility index (Phi) is 5.02. The van der Waals surface area contributed by atoms with E-state index in [-0.39, 0.29) is 11.4 Å². The second kappa shape index (κ2) is 7.38. The summed E-state index contributed by atoms with van der Waals surface area (Å²) in [5.41, 5.74) is 0.824. The van der Waals surface area contributed by atoms with Crippen molar-refractivity contribution in [3.8, 4) is 0 Å². The van der Waals surface area contributed by atoms with Gasteiger partial charge >= 0.3 is 0 Å². The molecule has 0 saturated heterocycles. The van der Waals surface area contributed by atoms with Crippen LogP contribution in [0.4, 0.5) is 11.4 Å². The molecule has 0 spiro atoms. The van der Waals surface area contributed by atoms with E-state index in [1.54, 1.807) is 48.5 Å². The third-order valence-electron chi connectivity index (χ3n) is 3.33. The Bertz CT molecular complexity index is 866. The molecule has 3 aromatic rings. The van der Waals surface area contributed by atoms with Gasteiger partial charge in [-0.3, -0.25) is 9.59 Å². The predicted octanol–water partition coefficient (Wildman–Crippen LogP) is 4.22. The summed E-state index contributed by atoms with van der Waals surface area (Å²) in [6.07, 6.45) is 1.27. The van der Waals surface area contributed by atoms with Gasteiger partial charge < -0.3 is 15.6 Å². The fourth-order valence-corrected chi connectivity index (χ4v) is 2.50. The molecule has 2 amide bonds. The van der Waals surface area contributed by atoms with Gasteiger partial charge in [-0.05, 0) is 24.3 Å². The molecule has 6 nitrogen and oxygen atoms in total. The molecule has 0 atom stereocenters. The molecule has 126 valence electrons. The number of H-pyrrole nitrogens is 1. The summed E-state index contributed by atoms with van der Waals surface area (Å²) < 4.78 is 0. The summed E-state index contributed by atoms with van der Waals surface area (Å²) in [4.78, 5) is 31.4. The Balaban J connectivity index is 1.80. The first-order chi connectivity index (χ1) is 12.1. The lowest BCUT2D eigenvalue weighted by atomic mass is 10.2. The zero-order valence-electron chi connectivity index (χ0n) is 12.7. The molecular weight excluding hydrogens is 363 g/mol. The van der Waals surface area contributed by atoms with E-state index >= 15 is 0 Å². The largest absolute Gasteiger partial charge is 0.340 e. The second-order valence-corrected chi connectivity index (χ2v) is 5.81. The Hall–Kier alpha value is -2.83. The highest BCUT2D eigenvalue weighted by atomic mass is 35.5. The number of aromatic amines is 1. The number of imidazole rings is 1. The molecule has 0 bridgehead atoms. The first kappa shape index (κ1) is 17.0. The zero-order valence-corrected chi connectivity index (χ0v) is 14.2. The first-order valence-corrected chi connectivity index (χ1v) is 7.97. The maximum Gasteiger partial charge on any atom is 0.276 e. The van der Waals surface area contributed by atoms with E-state index < -0.39 is 11.8 Å². The highest BCUT2D eigenvalue weighted by Gasteiger charge is 2.21. The van der Waals surface area contributed by atoms with Crippen molar-refractivity contribution in [2.24, 2.45) is 0 Å². The van der Waals surface area contributed by atoms with Gasteiger partial charge in [0, 0.05) is 0 Å². The Labute approximate surface area is 153 Å². The van der Waals surface area contributed by atoms with E-state index in [1.165, 1.54) is 6.33 Å². The molecule has 25 heavy (non-hydrogen) atoms. The van der Waals surface area contributed by atoms with Gasteiger partial charge in [-0.15, -0.1) is 0 Å². The number of aromatic nitrogens is 2. The summed E-state index contributed by atoms with van der Waals surface area (Å²) in [6.45, 7) is 0. The number of carbonyl (C=O) groups is 2. The number of para-hydroxylation sites is 2. The van der Waals surface area contributed by atoms with Crippen LogP contribution in [0.15, 0.2) is 54.9 Å². The number of nitrogens with one attached hydrogen (secondary N) is 3. The summed E-state index contributed by atoms with van der Waals surface area (Å²) in [6, 6.07) is 13.6. The lowest BCUT2D eigenvalue weighted by Gasteiger charge is -2.08. The number of rotatable bonds is 4. The zero-order chi connectivity index (χ0) is 17.8. The van der Waals surface area contributed by atoms with Crippen molar-refractivity contribution < 1.29 is 9.59 Å². The number of hydrogen-bond donors (Lipinski definition) is 3. The van der Waals surface area contributed by atoms with Gasteiger partial charge in [-0.25, -0.2) is 4.98 Å². The maximum atomic E-state index is 12.4. The van der Waals surface area contributed by atoms with Crippen LogP contribution < -0.4 is 10.6 Å².